The van der Waals surface area contributed by atoms with Gasteiger partial charge in [-0.05, 0) is 30.5 Å². The first-order chi connectivity index (χ1) is 11.7. The van der Waals surface area contributed by atoms with Crippen LogP contribution in [0.2, 0.25) is 0 Å². The first-order valence-corrected chi connectivity index (χ1v) is 7.87. The van der Waals surface area contributed by atoms with Crippen molar-refractivity contribution in [2.45, 2.75) is 24.9 Å². The van der Waals surface area contributed by atoms with Crippen molar-refractivity contribution in [3.8, 4) is 5.75 Å². The number of aromatic nitrogens is 1. The monoisotopic (exact) mass is 323 g/mol. The van der Waals surface area contributed by atoms with Gasteiger partial charge in [0.25, 0.3) is 0 Å². The standard InChI is InChI=1S/C19H17NO4/c1-22-18(21)19(9-10-19)17-20-15-11-14(7-8-16(15)24-17)23-12-13-5-3-2-4-6-13/h2-8,11H,9-10,12H2,1H3. The van der Waals surface area contributed by atoms with Crippen LogP contribution in [0.5, 0.6) is 5.75 Å². The smallest absolute Gasteiger partial charge is 0.321 e. The second kappa shape index (κ2) is 5.67. The molecule has 1 fully saturated rings. The summed E-state index contributed by atoms with van der Waals surface area (Å²) in [4.78, 5) is 16.4. The lowest BCUT2D eigenvalue weighted by atomic mass is 10.1. The minimum atomic E-state index is -0.696. The van der Waals surface area contributed by atoms with Crippen LogP contribution in [0.3, 0.4) is 0 Å². The summed E-state index contributed by atoms with van der Waals surface area (Å²) in [5, 5.41) is 0. The van der Waals surface area contributed by atoms with Gasteiger partial charge in [-0.1, -0.05) is 30.3 Å². The van der Waals surface area contributed by atoms with Crippen LogP contribution < -0.4 is 4.74 Å². The van der Waals surface area contributed by atoms with Gasteiger partial charge in [-0.15, -0.1) is 0 Å². The largest absolute Gasteiger partial charge is 0.489 e. The van der Waals surface area contributed by atoms with Crippen LogP contribution in [-0.4, -0.2) is 18.1 Å². The summed E-state index contributed by atoms with van der Waals surface area (Å²) in [5.41, 5.74) is 1.73. The molecule has 5 nitrogen and oxygen atoms in total. The van der Waals surface area contributed by atoms with Gasteiger partial charge in [-0.3, -0.25) is 4.79 Å². The second-order valence-corrected chi connectivity index (χ2v) is 6.00. The molecule has 1 aromatic heterocycles. The van der Waals surface area contributed by atoms with Gasteiger partial charge in [0.2, 0.25) is 5.89 Å². The van der Waals surface area contributed by atoms with E-state index in [1.165, 1.54) is 7.11 Å². The molecule has 5 heteroatoms. The Morgan fingerprint density at radius 1 is 1.21 bits per heavy atom. The quantitative estimate of drug-likeness (QED) is 0.671. The Hall–Kier alpha value is -2.82. The van der Waals surface area contributed by atoms with Crippen molar-refractivity contribution in [1.29, 1.82) is 0 Å². The van der Waals surface area contributed by atoms with Crippen LogP contribution in [0.4, 0.5) is 0 Å². The van der Waals surface area contributed by atoms with Crippen LogP contribution in [0.25, 0.3) is 11.1 Å². The fourth-order valence-corrected chi connectivity index (χ4v) is 2.77. The zero-order valence-corrected chi connectivity index (χ0v) is 13.3. The van der Waals surface area contributed by atoms with Crippen molar-refractivity contribution in [3.05, 3.63) is 60.0 Å². The number of esters is 1. The Morgan fingerprint density at radius 2 is 2.00 bits per heavy atom. The fourth-order valence-electron chi connectivity index (χ4n) is 2.77. The van der Waals surface area contributed by atoms with Crippen molar-refractivity contribution >= 4 is 17.1 Å². The van der Waals surface area contributed by atoms with Crippen molar-refractivity contribution in [2.24, 2.45) is 0 Å². The van der Waals surface area contributed by atoms with Crippen molar-refractivity contribution in [2.75, 3.05) is 7.11 Å². The molecule has 24 heavy (non-hydrogen) atoms. The lowest BCUT2D eigenvalue weighted by molar-refractivity contribution is -0.144. The summed E-state index contributed by atoms with van der Waals surface area (Å²) in [6, 6.07) is 15.5. The van der Waals surface area contributed by atoms with Gasteiger partial charge in [0.1, 0.15) is 23.3 Å². The van der Waals surface area contributed by atoms with Gasteiger partial charge in [0.05, 0.1) is 7.11 Å². The maximum absolute atomic E-state index is 12.0. The number of carbonyl (C=O) groups excluding carboxylic acids is 1. The molecule has 0 spiro atoms. The molecule has 0 atom stereocenters. The lowest BCUT2D eigenvalue weighted by Crippen LogP contribution is -2.22. The normalized spacial score (nSPS) is 15.2. The molecule has 2 aromatic carbocycles. The van der Waals surface area contributed by atoms with Crippen LogP contribution in [0.15, 0.2) is 52.9 Å². The van der Waals surface area contributed by atoms with E-state index in [4.69, 9.17) is 13.9 Å². The summed E-state index contributed by atoms with van der Waals surface area (Å²) in [5.74, 6) is 0.869. The number of oxazole rings is 1. The number of carbonyl (C=O) groups is 1. The third-order valence-electron chi connectivity index (χ3n) is 4.34. The number of rotatable bonds is 5. The summed E-state index contributed by atoms with van der Waals surface area (Å²) in [7, 11) is 1.39. The minimum Gasteiger partial charge on any atom is -0.489 e. The van der Waals surface area contributed by atoms with E-state index in [0.29, 0.717) is 42.2 Å². The van der Waals surface area contributed by atoms with Crippen LogP contribution in [0, 0.1) is 0 Å². The molecule has 0 aliphatic heterocycles. The van der Waals surface area contributed by atoms with Crippen LogP contribution in [0.1, 0.15) is 24.3 Å². The van der Waals surface area contributed by atoms with Gasteiger partial charge >= 0.3 is 5.97 Å². The van der Waals surface area contributed by atoms with E-state index in [1.807, 2.05) is 48.5 Å². The molecule has 0 amide bonds. The van der Waals surface area contributed by atoms with Crippen LogP contribution in [-0.2, 0) is 21.6 Å². The number of ether oxygens (including phenoxy) is 2. The minimum absolute atomic E-state index is 0.283. The summed E-state index contributed by atoms with van der Waals surface area (Å²) < 4.78 is 16.5. The average molecular weight is 323 g/mol. The predicted molar refractivity (Wildman–Crippen MR) is 87.7 cm³/mol. The van der Waals surface area contributed by atoms with E-state index in [9.17, 15) is 4.79 Å². The zero-order valence-electron chi connectivity index (χ0n) is 13.3. The molecule has 1 saturated carbocycles. The molecule has 4 rings (SSSR count). The Morgan fingerprint density at radius 3 is 2.71 bits per heavy atom. The van der Waals surface area contributed by atoms with Crippen molar-refractivity contribution in [3.63, 3.8) is 0 Å². The van der Waals surface area contributed by atoms with E-state index >= 15 is 0 Å². The highest BCUT2D eigenvalue weighted by molar-refractivity contribution is 5.86. The fraction of sp³-hybridized carbons (Fsp3) is 0.263. The van der Waals surface area contributed by atoms with Gasteiger partial charge in [-0.25, -0.2) is 4.98 Å². The lowest BCUT2D eigenvalue weighted by Gasteiger charge is -2.06. The van der Waals surface area contributed by atoms with Crippen molar-refractivity contribution < 1.29 is 18.7 Å². The summed E-state index contributed by atoms with van der Waals surface area (Å²) in [6.45, 7) is 0.489. The first kappa shape index (κ1) is 14.8. The topological polar surface area (TPSA) is 61.6 Å². The van der Waals surface area contributed by atoms with Gasteiger partial charge in [0.15, 0.2) is 5.58 Å². The molecule has 0 saturated heterocycles. The van der Waals surface area contributed by atoms with Gasteiger partial charge < -0.3 is 13.9 Å². The number of fused-ring (bicyclic) bond motifs is 1. The molecule has 0 radical (unpaired) electrons. The maximum Gasteiger partial charge on any atom is 0.321 e. The van der Waals surface area contributed by atoms with E-state index in [0.717, 1.165) is 5.56 Å². The first-order valence-electron chi connectivity index (χ1n) is 7.87. The number of nitrogens with zero attached hydrogens (tertiary/aromatic N) is 1. The maximum atomic E-state index is 12.0. The molecule has 0 N–H and O–H groups in total. The predicted octanol–water partition coefficient (Wildman–Crippen LogP) is 3.61. The molecule has 1 heterocycles. The third-order valence-corrected chi connectivity index (χ3v) is 4.34. The van der Waals surface area contributed by atoms with E-state index in [1.54, 1.807) is 0 Å². The molecule has 122 valence electrons. The number of methoxy groups -OCH3 is 1. The number of hydrogen-bond acceptors (Lipinski definition) is 5. The van der Waals surface area contributed by atoms with Gasteiger partial charge in [0, 0.05) is 6.07 Å². The molecule has 1 aliphatic carbocycles. The Labute approximate surface area is 139 Å². The third kappa shape index (κ3) is 2.52. The van der Waals surface area contributed by atoms with Gasteiger partial charge in [-0.2, -0.15) is 0 Å². The highest BCUT2D eigenvalue weighted by Crippen LogP contribution is 2.49. The van der Waals surface area contributed by atoms with Crippen molar-refractivity contribution in [1.82, 2.24) is 4.98 Å². The van der Waals surface area contributed by atoms with E-state index in [-0.39, 0.29) is 5.97 Å². The van der Waals surface area contributed by atoms with E-state index in [2.05, 4.69) is 4.98 Å². The highest BCUT2D eigenvalue weighted by atomic mass is 16.5. The molecule has 0 bridgehead atoms. The zero-order chi connectivity index (χ0) is 16.6. The van der Waals surface area contributed by atoms with Crippen LogP contribution >= 0.6 is 0 Å². The molecule has 1 aliphatic rings. The Kier molecular flexibility index (Phi) is 3.49. The average Bonchev–Trinajstić information content (AvgIpc) is 3.33. The number of benzene rings is 2. The molecular weight excluding hydrogens is 306 g/mol. The number of hydrogen-bond donors (Lipinski definition) is 0. The molecule has 3 aromatic rings. The Bertz CT molecular complexity index is 881. The highest BCUT2D eigenvalue weighted by Gasteiger charge is 2.57. The Balaban J connectivity index is 1.57. The molecule has 0 unspecified atom stereocenters. The second-order valence-electron chi connectivity index (χ2n) is 6.00. The summed E-state index contributed by atoms with van der Waals surface area (Å²) in [6.07, 6.45) is 1.42. The SMILES string of the molecule is COC(=O)C1(c2nc3cc(OCc4ccccc4)ccc3o2)CC1. The molecular formula is C19H17NO4. The summed E-state index contributed by atoms with van der Waals surface area (Å²) >= 11 is 0. The van der Waals surface area contributed by atoms with E-state index < -0.39 is 5.41 Å².